The van der Waals surface area contributed by atoms with Crippen molar-refractivity contribution < 1.29 is 9.90 Å². The molecule has 0 amide bonds. The average Bonchev–Trinajstić information content (AvgIpc) is 3.11. The number of halogens is 1. The first-order valence-electron chi connectivity index (χ1n) is 7.82. The predicted molar refractivity (Wildman–Crippen MR) is 85.3 cm³/mol. The number of nitrogens with zero attached hydrogens (tertiary/aromatic N) is 3. The van der Waals surface area contributed by atoms with Crippen molar-refractivity contribution in [2.45, 2.75) is 45.2 Å². The molecule has 0 bridgehead atoms. The summed E-state index contributed by atoms with van der Waals surface area (Å²) in [5.41, 5.74) is 2.25. The van der Waals surface area contributed by atoms with Crippen LogP contribution in [0.25, 0.3) is 0 Å². The SMILES string of the molecule is CCCCc1nc(Cl)c(CN2CCc3[nH]cnc3[C@H]2C(=O)O)[nH]1. The van der Waals surface area contributed by atoms with E-state index in [4.69, 9.17) is 11.6 Å². The Bertz CT molecular complexity index is 696. The Morgan fingerprint density at radius 1 is 1.57 bits per heavy atom. The van der Waals surface area contributed by atoms with Crippen LogP contribution >= 0.6 is 11.6 Å². The van der Waals surface area contributed by atoms with E-state index in [1.54, 1.807) is 6.33 Å². The summed E-state index contributed by atoms with van der Waals surface area (Å²) in [4.78, 5) is 28.3. The first-order valence-corrected chi connectivity index (χ1v) is 8.20. The summed E-state index contributed by atoms with van der Waals surface area (Å²) in [6, 6.07) is -0.761. The molecule has 0 spiro atoms. The van der Waals surface area contributed by atoms with Crippen LogP contribution in [-0.2, 0) is 24.2 Å². The first-order chi connectivity index (χ1) is 11.1. The fourth-order valence-corrected chi connectivity index (χ4v) is 3.19. The van der Waals surface area contributed by atoms with E-state index < -0.39 is 12.0 Å². The topological polar surface area (TPSA) is 97.9 Å². The molecule has 1 aliphatic rings. The molecule has 124 valence electrons. The molecule has 1 aliphatic heterocycles. The summed E-state index contributed by atoms with van der Waals surface area (Å²) < 4.78 is 0. The van der Waals surface area contributed by atoms with Crippen LogP contribution in [0.2, 0.25) is 5.15 Å². The number of rotatable bonds is 6. The number of H-pyrrole nitrogens is 2. The summed E-state index contributed by atoms with van der Waals surface area (Å²) in [5.74, 6) is -0.0453. The van der Waals surface area contributed by atoms with Crippen molar-refractivity contribution in [1.29, 1.82) is 0 Å². The maximum absolute atomic E-state index is 11.7. The molecule has 23 heavy (non-hydrogen) atoms. The lowest BCUT2D eigenvalue weighted by Gasteiger charge is -2.31. The number of aliphatic carboxylic acids is 1. The lowest BCUT2D eigenvalue weighted by molar-refractivity contribution is -0.144. The first kappa shape index (κ1) is 16.0. The molecule has 0 saturated carbocycles. The van der Waals surface area contributed by atoms with Crippen LogP contribution in [0.3, 0.4) is 0 Å². The zero-order chi connectivity index (χ0) is 16.4. The fourth-order valence-electron chi connectivity index (χ4n) is 2.98. The van der Waals surface area contributed by atoms with Crippen molar-refractivity contribution in [2.24, 2.45) is 0 Å². The molecular weight excluding hydrogens is 318 g/mol. The second-order valence-electron chi connectivity index (χ2n) is 5.78. The Hall–Kier alpha value is -1.86. The quantitative estimate of drug-likeness (QED) is 0.751. The molecule has 3 rings (SSSR count). The largest absolute Gasteiger partial charge is 0.480 e. The number of nitrogens with one attached hydrogen (secondary N) is 2. The predicted octanol–water partition coefficient (Wildman–Crippen LogP) is 2.31. The molecule has 8 heteroatoms. The van der Waals surface area contributed by atoms with Crippen molar-refractivity contribution in [1.82, 2.24) is 24.8 Å². The van der Waals surface area contributed by atoms with Crippen LogP contribution in [0.5, 0.6) is 0 Å². The van der Waals surface area contributed by atoms with Gasteiger partial charge in [0.05, 0.1) is 17.7 Å². The van der Waals surface area contributed by atoms with E-state index >= 15 is 0 Å². The maximum atomic E-state index is 11.7. The van der Waals surface area contributed by atoms with Gasteiger partial charge >= 0.3 is 5.97 Å². The zero-order valence-electron chi connectivity index (χ0n) is 13.0. The van der Waals surface area contributed by atoms with Gasteiger partial charge in [0.1, 0.15) is 5.82 Å². The minimum atomic E-state index is -0.903. The number of hydrogen-bond acceptors (Lipinski definition) is 4. The number of carbonyl (C=O) groups is 1. The number of hydrogen-bond donors (Lipinski definition) is 3. The third-order valence-electron chi connectivity index (χ3n) is 4.16. The number of unbranched alkanes of at least 4 members (excludes halogenated alkanes) is 1. The smallest absolute Gasteiger partial charge is 0.327 e. The highest BCUT2D eigenvalue weighted by molar-refractivity contribution is 6.30. The summed E-state index contributed by atoms with van der Waals surface area (Å²) in [7, 11) is 0. The molecule has 0 fully saturated rings. The molecule has 3 N–H and O–H groups in total. The Morgan fingerprint density at radius 3 is 3.13 bits per heavy atom. The van der Waals surface area contributed by atoms with Crippen molar-refractivity contribution in [3.63, 3.8) is 0 Å². The van der Waals surface area contributed by atoms with Gasteiger partial charge in [0, 0.05) is 31.6 Å². The highest BCUT2D eigenvalue weighted by Gasteiger charge is 2.35. The molecule has 0 aliphatic carbocycles. The van der Waals surface area contributed by atoms with E-state index in [0.29, 0.717) is 23.9 Å². The van der Waals surface area contributed by atoms with E-state index in [0.717, 1.165) is 42.9 Å². The van der Waals surface area contributed by atoms with Gasteiger partial charge in [-0.3, -0.25) is 9.69 Å². The number of carboxylic acids is 1. The molecular formula is C15H20ClN5O2. The number of carboxylic acid groups (broad SMARTS) is 1. The summed E-state index contributed by atoms with van der Waals surface area (Å²) >= 11 is 6.21. The third kappa shape index (κ3) is 3.25. The van der Waals surface area contributed by atoms with Crippen LogP contribution in [0.15, 0.2) is 6.33 Å². The monoisotopic (exact) mass is 337 g/mol. The number of fused-ring (bicyclic) bond motifs is 1. The second-order valence-corrected chi connectivity index (χ2v) is 6.14. The normalized spacial score (nSPS) is 18.1. The Kier molecular flexibility index (Phi) is 4.68. The van der Waals surface area contributed by atoms with Crippen LogP contribution in [0, 0.1) is 0 Å². The third-order valence-corrected chi connectivity index (χ3v) is 4.48. The molecule has 2 aromatic heterocycles. The van der Waals surface area contributed by atoms with Gasteiger partial charge in [-0.15, -0.1) is 0 Å². The van der Waals surface area contributed by atoms with Gasteiger partial charge in [-0.2, -0.15) is 0 Å². The van der Waals surface area contributed by atoms with E-state index in [-0.39, 0.29) is 0 Å². The molecule has 0 radical (unpaired) electrons. The molecule has 1 atom stereocenters. The van der Waals surface area contributed by atoms with E-state index in [1.165, 1.54) is 0 Å². The summed E-state index contributed by atoms with van der Waals surface area (Å²) in [6.07, 6.45) is 5.27. The molecule has 3 heterocycles. The van der Waals surface area contributed by atoms with E-state index in [9.17, 15) is 9.90 Å². The van der Waals surface area contributed by atoms with Gasteiger partial charge in [-0.05, 0) is 6.42 Å². The minimum absolute atomic E-state index is 0.418. The summed E-state index contributed by atoms with van der Waals surface area (Å²) in [6.45, 7) is 3.17. The number of aromatic amines is 2. The Labute approximate surface area is 139 Å². The van der Waals surface area contributed by atoms with E-state index in [1.807, 2.05) is 4.90 Å². The van der Waals surface area contributed by atoms with Crippen molar-refractivity contribution in [3.8, 4) is 0 Å². The Balaban J connectivity index is 1.79. The molecule has 0 unspecified atom stereocenters. The maximum Gasteiger partial charge on any atom is 0.327 e. The van der Waals surface area contributed by atoms with E-state index in [2.05, 4.69) is 26.9 Å². The Morgan fingerprint density at radius 2 is 2.39 bits per heavy atom. The lowest BCUT2D eigenvalue weighted by Crippen LogP contribution is -2.39. The molecule has 0 saturated heterocycles. The van der Waals surface area contributed by atoms with Crippen molar-refractivity contribution >= 4 is 17.6 Å². The number of imidazole rings is 2. The van der Waals surface area contributed by atoms with Gasteiger partial charge in [0.25, 0.3) is 0 Å². The minimum Gasteiger partial charge on any atom is -0.480 e. The van der Waals surface area contributed by atoms with Gasteiger partial charge in [0.15, 0.2) is 11.2 Å². The van der Waals surface area contributed by atoms with Crippen LogP contribution in [-0.4, -0.2) is 42.5 Å². The van der Waals surface area contributed by atoms with Gasteiger partial charge in [-0.1, -0.05) is 24.9 Å². The number of aromatic nitrogens is 4. The van der Waals surface area contributed by atoms with Crippen LogP contribution in [0.1, 0.15) is 48.7 Å². The average molecular weight is 338 g/mol. The molecule has 2 aromatic rings. The fraction of sp³-hybridized carbons (Fsp3) is 0.533. The van der Waals surface area contributed by atoms with Crippen molar-refractivity contribution in [3.05, 3.63) is 34.4 Å². The standard InChI is InChI=1S/C15H20ClN5O2/c1-2-3-4-11-19-10(14(16)20-11)7-21-6-5-9-12(18-8-17-9)13(21)15(22)23/h8,13H,2-7H2,1H3,(H,17,18)(H,19,20)(H,22,23)/t13-/m0/s1. The van der Waals surface area contributed by atoms with Crippen LogP contribution < -0.4 is 0 Å². The zero-order valence-corrected chi connectivity index (χ0v) is 13.7. The van der Waals surface area contributed by atoms with Gasteiger partial charge in [-0.25, -0.2) is 9.97 Å². The highest BCUT2D eigenvalue weighted by atomic mass is 35.5. The van der Waals surface area contributed by atoms with Crippen molar-refractivity contribution in [2.75, 3.05) is 6.54 Å². The molecule has 0 aromatic carbocycles. The van der Waals surface area contributed by atoms with Gasteiger partial charge in [0.2, 0.25) is 0 Å². The van der Waals surface area contributed by atoms with Gasteiger partial charge < -0.3 is 15.1 Å². The highest BCUT2D eigenvalue weighted by Crippen LogP contribution is 2.30. The number of aryl methyl sites for hydroxylation is 1. The van der Waals surface area contributed by atoms with Crippen LogP contribution in [0.4, 0.5) is 0 Å². The molecule has 7 nitrogen and oxygen atoms in total. The second kappa shape index (κ2) is 6.72. The summed E-state index contributed by atoms with van der Waals surface area (Å²) in [5, 5.41) is 10.0. The lowest BCUT2D eigenvalue weighted by atomic mass is 10.0.